The van der Waals surface area contributed by atoms with Gasteiger partial charge in [-0.1, -0.05) is 36.2 Å². The lowest BCUT2D eigenvalue weighted by atomic mass is 9.99. The fraction of sp³-hybridized carbons (Fsp3) is 0.438. The van der Waals surface area contributed by atoms with Crippen LogP contribution in [0.3, 0.4) is 0 Å². The Morgan fingerprint density at radius 3 is 2.26 bits per heavy atom. The first kappa shape index (κ1) is 13.8. The Hall–Kier alpha value is -1.61. The van der Waals surface area contributed by atoms with Crippen molar-refractivity contribution in [2.75, 3.05) is 7.05 Å². The highest BCUT2D eigenvalue weighted by Crippen LogP contribution is 2.24. The fourth-order valence-electron chi connectivity index (χ4n) is 2.65. The van der Waals surface area contributed by atoms with E-state index in [1.54, 1.807) is 0 Å². The van der Waals surface area contributed by atoms with Crippen molar-refractivity contribution in [1.29, 1.82) is 0 Å². The summed E-state index contributed by atoms with van der Waals surface area (Å²) in [5, 5.41) is 7.95. The van der Waals surface area contributed by atoms with E-state index in [1.165, 1.54) is 22.4 Å². The summed E-state index contributed by atoms with van der Waals surface area (Å²) in [6.07, 6.45) is 0.969. The van der Waals surface area contributed by atoms with E-state index >= 15 is 0 Å². The number of nitrogens with zero attached hydrogens (tertiary/aromatic N) is 2. The second-order valence-corrected chi connectivity index (χ2v) is 5.18. The van der Waals surface area contributed by atoms with Gasteiger partial charge in [-0.15, -0.1) is 0 Å². The third-order valence-electron chi connectivity index (χ3n) is 3.49. The van der Waals surface area contributed by atoms with E-state index in [0.717, 1.165) is 12.1 Å². The van der Waals surface area contributed by atoms with Crippen LogP contribution in [0.4, 0.5) is 0 Å². The van der Waals surface area contributed by atoms with Gasteiger partial charge in [0.05, 0.1) is 17.4 Å². The highest BCUT2D eigenvalue weighted by molar-refractivity contribution is 5.35. The Kier molecular flexibility index (Phi) is 4.05. The zero-order valence-corrected chi connectivity index (χ0v) is 12.5. The number of aryl methyl sites for hydroxylation is 4. The number of benzene rings is 1. The average molecular weight is 257 g/mol. The highest BCUT2D eigenvalue weighted by Gasteiger charge is 2.17. The first-order valence-corrected chi connectivity index (χ1v) is 6.83. The monoisotopic (exact) mass is 257 g/mol. The van der Waals surface area contributed by atoms with Crippen LogP contribution in [0.2, 0.25) is 0 Å². The quantitative estimate of drug-likeness (QED) is 0.912. The Morgan fingerprint density at radius 1 is 1.16 bits per heavy atom. The molecule has 0 aliphatic rings. The van der Waals surface area contributed by atoms with Gasteiger partial charge in [-0.05, 0) is 38.9 Å². The molecule has 0 saturated carbocycles. The summed E-state index contributed by atoms with van der Waals surface area (Å²) in [7, 11) is 4.02. The maximum Gasteiger partial charge on any atom is 0.0746 e. The van der Waals surface area contributed by atoms with Crippen LogP contribution in [-0.2, 0) is 13.5 Å². The molecule has 0 spiro atoms. The maximum atomic E-state index is 4.55. The van der Waals surface area contributed by atoms with Crippen molar-refractivity contribution < 1.29 is 0 Å². The van der Waals surface area contributed by atoms with E-state index in [9.17, 15) is 0 Å². The van der Waals surface area contributed by atoms with Gasteiger partial charge in [0, 0.05) is 7.05 Å². The smallest absolute Gasteiger partial charge is 0.0746 e. The molecule has 0 aliphatic carbocycles. The molecule has 0 aliphatic heterocycles. The van der Waals surface area contributed by atoms with Crippen molar-refractivity contribution in [2.45, 2.75) is 33.2 Å². The zero-order chi connectivity index (χ0) is 14.0. The van der Waals surface area contributed by atoms with Gasteiger partial charge in [-0.2, -0.15) is 5.10 Å². The fourth-order valence-corrected chi connectivity index (χ4v) is 2.65. The van der Waals surface area contributed by atoms with Gasteiger partial charge in [0.25, 0.3) is 0 Å². The summed E-state index contributed by atoms with van der Waals surface area (Å²) in [5.41, 5.74) is 6.25. The van der Waals surface area contributed by atoms with Gasteiger partial charge < -0.3 is 5.32 Å². The Bertz CT molecular complexity index is 549. The molecule has 0 saturated heterocycles. The van der Waals surface area contributed by atoms with E-state index < -0.39 is 0 Å². The number of aromatic nitrogens is 2. The average Bonchev–Trinajstić information content (AvgIpc) is 2.71. The SMILES string of the molecule is CCc1cc(C(NC)c2cc(C)cc(C)c2)n(C)n1. The molecule has 1 heterocycles. The van der Waals surface area contributed by atoms with E-state index in [-0.39, 0.29) is 6.04 Å². The van der Waals surface area contributed by atoms with Crippen LogP contribution in [0.5, 0.6) is 0 Å². The number of rotatable bonds is 4. The predicted molar refractivity (Wildman–Crippen MR) is 79.4 cm³/mol. The topological polar surface area (TPSA) is 29.9 Å². The van der Waals surface area contributed by atoms with Crippen molar-refractivity contribution in [2.24, 2.45) is 7.05 Å². The summed E-state index contributed by atoms with van der Waals surface area (Å²) in [6, 6.07) is 9.08. The summed E-state index contributed by atoms with van der Waals surface area (Å²) in [5.74, 6) is 0. The zero-order valence-electron chi connectivity index (χ0n) is 12.5. The first-order chi connectivity index (χ1) is 9.05. The van der Waals surface area contributed by atoms with Gasteiger partial charge in [0.1, 0.15) is 0 Å². The van der Waals surface area contributed by atoms with E-state index in [4.69, 9.17) is 0 Å². The summed E-state index contributed by atoms with van der Waals surface area (Å²) in [4.78, 5) is 0. The molecule has 0 bridgehead atoms. The van der Waals surface area contributed by atoms with Crippen LogP contribution < -0.4 is 5.32 Å². The molecule has 1 N–H and O–H groups in total. The minimum atomic E-state index is 0.191. The molecule has 19 heavy (non-hydrogen) atoms. The molecule has 1 aromatic carbocycles. The van der Waals surface area contributed by atoms with Gasteiger partial charge in [-0.25, -0.2) is 0 Å². The number of hydrogen-bond acceptors (Lipinski definition) is 2. The van der Waals surface area contributed by atoms with Crippen LogP contribution in [0.25, 0.3) is 0 Å². The largest absolute Gasteiger partial charge is 0.308 e. The van der Waals surface area contributed by atoms with E-state index in [2.05, 4.69) is 55.5 Å². The van der Waals surface area contributed by atoms with E-state index in [1.807, 2.05) is 18.8 Å². The standard InChI is InChI=1S/C16H23N3/c1-6-14-10-15(19(5)18-14)16(17-4)13-8-11(2)7-12(3)9-13/h7-10,16-17H,6H2,1-5H3. The Morgan fingerprint density at radius 2 is 1.79 bits per heavy atom. The molecular weight excluding hydrogens is 234 g/mol. The van der Waals surface area contributed by atoms with Crippen molar-refractivity contribution in [3.8, 4) is 0 Å². The summed E-state index contributed by atoms with van der Waals surface area (Å²) < 4.78 is 1.98. The van der Waals surface area contributed by atoms with Crippen molar-refractivity contribution in [3.63, 3.8) is 0 Å². The minimum Gasteiger partial charge on any atom is -0.308 e. The Labute approximate surface area is 115 Å². The van der Waals surface area contributed by atoms with Crippen LogP contribution in [0, 0.1) is 13.8 Å². The highest BCUT2D eigenvalue weighted by atomic mass is 15.3. The summed E-state index contributed by atoms with van der Waals surface area (Å²) >= 11 is 0. The first-order valence-electron chi connectivity index (χ1n) is 6.83. The lowest BCUT2D eigenvalue weighted by Crippen LogP contribution is -2.20. The molecule has 3 nitrogen and oxygen atoms in total. The molecule has 2 rings (SSSR count). The molecule has 1 aromatic heterocycles. The third kappa shape index (κ3) is 2.87. The van der Waals surface area contributed by atoms with Crippen LogP contribution >= 0.6 is 0 Å². The van der Waals surface area contributed by atoms with Crippen molar-refractivity contribution >= 4 is 0 Å². The van der Waals surface area contributed by atoms with Gasteiger partial charge in [-0.3, -0.25) is 4.68 Å². The van der Waals surface area contributed by atoms with E-state index in [0.29, 0.717) is 0 Å². The summed E-state index contributed by atoms with van der Waals surface area (Å²) in [6.45, 7) is 6.42. The third-order valence-corrected chi connectivity index (χ3v) is 3.49. The van der Waals surface area contributed by atoms with Crippen LogP contribution in [0.15, 0.2) is 24.3 Å². The maximum absolute atomic E-state index is 4.55. The second-order valence-electron chi connectivity index (χ2n) is 5.18. The van der Waals surface area contributed by atoms with Gasteiger partial charge in [0.15, 0.2) is 0 Å². The molecule has 0 radical (unpaired) electrons. The predicted octanol–water partition coefficient (Wildman–Crippen LogP) is 2.91. The van der Waals surface area contributed by atoms with Gasteiger partial charge >= 0.3 is 0 Å². The Balaban J connectivity index is 2.46. The molecular formula is C16H23N3. The molecule has 1 atom stereocenters. The lowest BCUT2D eigenvalue weighted by Gasteiger charge is -2.18. The number of nitrogens with one attached hydrogen (secondary N) is 1. The van der Waals surface area contributed by atoms with Gasteiger partial charge in [0.2, 0.25) is 0 Å². The lowest BCUT2D eigenvalue weighted by molar-refractivity contribution is 0.603. The molecule has 0 fully saturated rings. The molecule has 3 heteroatoms. The van der Waals surface area contributed by atoms with Crippen LogP contribution in [0.1, 0.15) is 41.0 Å². The molecule has 0 amide bonds. The van der Waals surface area contributed by atoms with Crippen LogP contribution in [-0.4, -0.2) is 16.8 Å². The molecule has 1 unspecified atom stereocenters. The molecule has 2 aromatic rings. The van der Waals surface area contributed by atoms with Crippen molar-refractivity contribution in [3.05, 3.63) is 52.3 Å². The van der Waals surface area contributed by atoms with Crippen molar-refractivity contribution in [1.82, 2.24) is 15.1 Å². The molecule has 102 valence electrons. The second kappa shape index (κ2) is 5.57. The normalized spacial score (nSPS) is 12.7. The number of hydrogen-bond donors (Lipinski definition) is 1. The minimum absolute atomic E-state index is 0.191.